The molecule has 1 aromatic rings. The molecule has 61 heavy (non-hydrogen) atoms. The van der Waals surface area contributed by atoms with E-state index in [4.69, 9.17) is 18.9 Å². The lowest BCUT2D eigenvalue weighted by atomic mass is 10.0. The molecule has 0 bridgehead atoms. The fourth-order valence-corrected chi connectivity index (χ4v) is 6.18. The van der Waals surface area contributed by atoms with E-state index in [2.05, 4.69) is 26.2 Å². The smallest absolute Gasteiger partial charge is 0.256 e. The first-order valence-corrected chi connectivity index (χ1v) is 21.1. The normalized spacial score (nSPS) is 15.8. The summed E-state index contributed by atoms with van der Waals surface area (Å²) in [6.45, 7) is 10.7. The van der Waals surface area contributed by atoms with Gasteiger partial charge in [-0.05, 0) is 37.1 Å². The van der Waals surface area contributed by atoms with Crippen LogP contribution in [0.1, 0.15) is 64.5 Å². The zero-order valence-corrected chi connectivity index (χ0v) is 36.0. The average Bonchev–Trinajstić information content (AvgIpc) is 3.57. The number of benzene rings is 1. The number of anilines is 1. The Balaban J connectivity index is 1.25. The number of carbonyl (C=O) groups is 7. The van der Waals surface area contributed by atoms with Crippen molar-refractivity contribution in [2.24, 2.45) is 5.92 Å². The van der Waals surface area contributed by atoms with E-state index in [1.54, 1.807) is 43.0 Å². The molecule has 2 aliphatic heterocycles. The Morgan fingerprint density at radius 2 is 1.31 bits per heavy atom. The van der Waals surface area contributed by atoms with Crippen molar-refractivity contribution in [2.45, 2.75) is 71.1 Å². The third-order valence-corrected chi connectivity index (χ3v) is 9.91. The van der Waals surface area contributed by atoms with E-state index >= 15 is 0 Å². The number of ether oxygens (including phenoxy) is 4. The number of carbonyl (C=O) groups excluding carboxylic acids is 7. The third kappa shape index (κ3) is 18.8. The molecule has 7 amide bonds. The third-order valence-electron chi connectivity index (χ3n) is 9.91. The van der Waals surface area contributed by atoms with Gasteiger partial charge in [0.15, 0.2) is 6.10 Å². The number of unbranched alkanes of at least 4 members (excludes halogenated alkanes) is 1. The van der Waals surface area contributed by atoms with Gasteiger partial charge in [-0.2, -0.15) is 0 Å². The Labute approximate surface area is 358 Å². The Bertz CT molecular complexity index is 1580. The second kappa shape index (κ2) is 27.9. The van der Waals surface area contributed by atoms with Crippen LogP contribution in [0, 0.1) is 5.92 Å². The molecule has 3 atom stereocenters. The van der Waals surface area contributed by atoms with Crippen LogP contribution in [0.4, 0.5) is 5.69 Å². The molecular formula is C42H65N7O12. The SMILES string of the molecule is CCCC[C@H](NC(=O)[C@@H](NC(=O)CCOCCOCCOCCOCCNC(=O)CCN1C(=O)C=CC1=O)C(C)C)C(=O)Nc1ccc(C(O)C(=O)N2CCN(C)CC2)cc1. The van der Waals surface area contributed by atoms with E-state index < -0.39 is 41.8 Å². The van der Waals surface area contributed by atoms with Crippen LogP contribution in [0.3, 0.4) is 0 Å². The maximum absolute atomic E-state index is 13.4. The molecule has 0 aliphatic carbocycles. The van der Waals surface area contributed by atoms with Crippen LogP contribution in [-0.4, -0.2) is 172 Å². The molecule has 3 rings (SSSR count). The summed E-state index contributed by atoms with van der Waals surface area (Å²) in [7, 11) is 1.98. The van der Waals surface area contributed by atoms with Crippen molar-refractivity contribution in [2.75, 3.05) is 104 Å². The summed E-state index contributed by atoms with van der Waals surface area (Å²) >= 11 is 0. The number of rotatable bonds is 29. The number of likely N-dealkylation sites (N-methyl/N-ethyl adjacent to an activating group) is 1. The molecule has 1 saturated heterocycles. The van der Waals surface area contributed by atoms with Crippen molar-refractivity contribution < 1.29 is 57.6 Å². The lowest BCUT2D eigenvalue weighted by molar-refractivity contribution is -0.142. The molecule has 0 radical (unpaired) electrons. The van der Waals surface area contributed by atoms with Gasteiger partial charge in [-0.25, -0.2) is 0 Å². The predicted octanol–water partition coefficient (Wildman–Crippen LogP) is 0.136. The van der Waals surface area contributed by atoms with Gasteiger partial charge in [-0.1, -0.05) is 45.7 Å². The monoisotopic (exact) mass is 859 g/mol. The number of aliphatic hydroxyl groups excluding tert-OH is 1. The highest BCUT2D eigenvalue weighted by molar-refractivity contribution is 6.13. The first-order chi connectivity index (χ1) is 29.3. The van der Waals surface area contributed by atoms with Crippen LogP contribution in [0.2, 0.25) is 0 Å². The van der Waals surface area contributed by atoms with Gasteiger partial charge in [0.2, 0.25) is 23.6 Å². The highest BCUT2D eigenvalue weighted by Crippen LogP contribution is 2.20. The van der Waals surface area contributed by atoms with E-state index in [-0.39, 0.29) is 69.4 Å². The number of imide groups is 1. The van der Waals surface area contributed by atoms with Crippen LogP contribution in [-0.2, 0) is 52.5 Å². The molecule has 1 aromatic carbocycles. The Morgan fingerprint density at radius 3 is 1.89 bits per heavy atom. The second-order valence-corrected chi connectivity index (χ2v) is 15.1. The van der Waals surface area contributed by atoms with Crippen LogP contribution in [0.25, 0.3) is 0 Å². The minimum absolute atomic E-state index is 0.0176. The van der Waals surface area contributed by atoms with Crippen LogP contribution in [0.5, 0.6) is 0 Å². The Hall–Kier alpha value is -4.79. The molecule has 0 saturated carbocycles. The summed E-state index contributed by atoms with van der Waals surface area (Å²) in [4.78, 5) is 92.0. The maximum atomic E-state index is 13.4. The number of amides is 7. The number of aliphatic hydroxyl groups is 1. The number of nitrogens with one attached hydrogen (secondary N) is 4. The van der Waals surface area contributed by atoms with Gasteiger partial charge in [-0.15, -0.1) is 0 Å². The van der Waals surface area contributed by atoms with Crippen molar-refractivity contribution in [3.63, 3.8) is 0 Å². The Kier molecular flexibility index (Phi) is 23.2. The zero-order valence-electron chi connectivity index (χ0n) is 36.0. The van der Waals surface area contributed by atoms with E-state index in [0.29, 0.717) is 70.2 Å². The summed E-state index contributed by atoms with van der Waals surface area (Å²) in [6, 6.07) is 4.66. The molecule has 2 heterocycles. The number of hydrogen-bond acceptors (Lipinski definition) is 13. The molecule has 1 fully saturated rings. The topological polar surface area (TPSA) is 234 Å². The van der Waals surface area contributed by atoms with E-state index in [9.17, 15) is 38.7 Å². The van der Waals surface area contributed by atoms with Gasteiger partial charge >= 0.3 is 0 Å². The quantitative estimate of drug-likeness (QED) is 0.0534. The highest BCUT2D eigenvalue weighted by atomic mass is 16.6. The van der Waals surface area contributed by atoms with Crippen LogP contribution in [0.15, 0.2) is 36.4 Å². The second-order valence-electron chi connectivity index (χ2n) is 15.1. The van der Waals surface area contributed by atoms with Gasteiger partial charge < -0.3 is 55.1 Å². The largest absolute Gasteiger partial charge is 0.379 e. The van der Waals surface area contributed by atoms with Crippen molar-refractivity contribution in [1.29, 1.82) is 0 Å². The summed E-state index contributed by atoms with van der Waals surface area (Å²) in [5.41, 5.74) is 0.861. The lowest BCUT2D eigenvalue weighted by Crippen LogP contribution is -2.54. The first kappa shape index (κ1) is 50.6. The zero-order chi connectivity index (χ0) is 44.6. The summed E-state index contributed by atoms with van der Waals surface area (Å²) in [5.74, 6) is -3.03. The first-order valence-electron chi connectivity index (χ1n) is 21.1. The lowest BCUT2D eigenvalue weighted by Gasteiger charge is -2.33. The average molecular weight is 860 g/mol. The molecule has 340 valence electrons. The Morgan fingerprint density at radius 1 is 0.738 bits per heavy atom. The summed E-state index contributed by atoms with van der Waals surface area (Å²) < 4.78 is 21.9. The molecule has 1 unspecified atom stereocenters. The fraction of sp³-hybridized carbons (Fsp3) is 0.643. The van der Waals surface area contributed by atoms with Gasteiger partial charge in [0.05, 0.1) is 52.9 Å². The van der Waals surface area contributed by atoms with E-state index in [1.165, 1.54) is 12.2 Å². The standard InChI is InChI=1S/C42H65N7O12/c1-5-6-7-33(40(55)44-32-10-8-31(9-11-32)39(54)42(57)48-20-18-47(4)19-21-48)45-41(56)38(30(2)3)46-35(51)15-22-58-24-26-60-28-29-61-27-25-59-23-16-43-34(50)14-17-49-36(52)12-13-37(49)53/h8-13,30,33,38-39,54H,5-7,14-29H2,1-4H3,(H,43,50)(H,44,55)(H,45,56)(H,46,51)/t33-,38-,39?/m0/s1. The van der Waals surface area contributed by atoms with Crippen LogP contribution >= 0.6 is 0 Å². The maximum Gasteiger partial charge on any atom is 0.256 e. The number of piperazine rings is 1. The molecule has 0 aromatic heterocycles. The predicted molar refractivity (Wildman–Crippen MR) is 224 cm³/mol. The van der Waals surface area contributed by atoms with Crippen molar-refractivity contribution in [1.82, 2.24) is 30.7 Å². The molecule has 0 spiro atoms. The molecule has 19 nitrogen and oxygen atoms in total. The number of hydrogen-bond donors (Lipinski definition) is 5. The van der Waals surface area contributed by atoms with Gasteiger partial charge in [0, 0.05) is 69.9 Å². The minimum Gasteiger partial charge on any atom is -0.379 e. The summed E-state index contributed by atoms with van der Waals surface area (Å²) in [6.07, 6.45) is 2.95. The fourth-order valence-electron chi connectivity index (χ4n) is 6.18. The van der Waals surface area contributed by atoms with Crippen molar-refractivity contribution in [3.05, 3.63) is 42.0 Å². The molecular weight excluding hydrogens is 794 g/mol. The number of nitrogens with zero attached hydrogens (tertiary/aromatic N) is 3. The van der Waals surface area contributed by atoms with Crippen molar-refractivity contribution >= 4 is 47.0 Å². The van der Waals surface area contributed by atoms with Gasteiger partial charge in [0.25, 0.3) is 17.7 Å². The molecule has 5 N–H and O–H groups in total. The van der Waals surface area contributed by atoms with Crippen molar-refractivity contribution in [3.8, 4) is 0 Å². The van der Waals surface area contributed by atoms with E-state index in [0.717, 1.165) is 24.4 Å². The molecule has 19 heteroatoms. The van der Waals surface area contributed by atoms with E-state index in [1.807, 2.05) is 14.0 Å². The minimum atomic E-state index is -1.31. The van der Waals surface area contributed by atoms with Gasteiger partial charge in [-0.3, -0.25) is 38.5 Å². The molecule has 2 aliphatic rings. The van der Waals surface area contributed by atoms with Gasteiger partial charge in [0.1, 0.15) is 12.1 Å². The summed E-state index contributed by atoms with van der Waals surface area (Å²) in [5, 5.41) is 21.8. The highest BCUT2D eigenvalue weighted by Gasteiger charge is 2.30. The van der Waals surface area contributed by atoms with Crippen LogP contribution < -0.4 is 21.3 Å².